The molecular weight excluding hydrogens is 396 g/mol. The molecule has 0 atom stereocenters. The topological polar surface area (TPSA) is 93.2 Å². The molecule has 3 aromatic rings. The van der Waals surface area contributed by atoms with Gasteiger partial charge in [-0.1, -0.05) is 18.3 Å². The largest absolute Gasteiger partial charge is 0.497 e. The molecule has 0 saturated carbocycles. The molecule has 28 heavy (non-hydrogen) atoms. The highest BCUT2D eigenvalue weighted by Crippen LogP contribution is 2.34. The summed E-state index contributed by atoms with van der Waals surface area (Å²) in [5.41, 5.74) is 2.02. The van der Waals surface area contributed by atoms with Crippen LogP contribution in [0.5, 0.6) is 5.75 Å². The van der Waals surface area contributed by atoms with Crippen LogP contribution in [0.15, 0.2) is 29.6 Å². The Morgan fingerprint density at radius 2 is 1.86 bits per heavy atom. The molecule has 0 fully saturated rings. The fraction of sp³-hybridized carbons (Fsp3) is 0.263. The van der Waals surface area contributed by atoms with Crippen molar-refractivity contribution in [3.8, 4) is 16.3 Å². The molecule has 2 N–H and O–H groups in total. The van der Waals surface area contributed by atoms with Gasteiger partial charge in [0.15, 0.2) is 10.3 Å². The van der Waals surface area contributed by atoms with Crippen molar-refractivity contribution in [2.24, 2.45) is 0 Å². The van der Waals surface area contributed by atoms with Crippen molar-refractivity contribution in [3.63, 3.8) is 0 Å². The Labute approximate surface area is 170 Å². The third kappa shape index (κ3) is 4.73. The number of aryl methyl sites for hydroxylation is 1. The number of hydrogen-bond donors (Lipinski definition) is 2. The number of methoxy groups -OCH3 is 1. The Kier molecular flexibility index (Phi) is 6.37. The number of amides is 2. The van der Waals surface area contributed by atoms with Crippen LogP contribution in [-0.2, 0) is 4.79 Å². The zero-order valence-electron chi connectivity index (χ0n) is 15.7. The summed E-state index contributed by atoms with van der Waals surface area (Å²) < 4.78 is 5.10. The predicted octanol–water partition coefficient (Wildman–Crippen LogP) is 4.57. The molecule has 0 bridgehead atoms. The van der Waals surface area contributed by atoms with Gasteiger partial charge >= 0.3 is 0 Å². The molecule has 2 heterocycles. The first-order valence-corrected chi connectivity index (χ1v) is 10.4. The molecule has 2 amide bonds. The molecule has 9 heteroatoms. The van der Waals surface area contributed by atoms with Gasteiger partial charge in [-0.05, 0) is 37.6 Å². The monoisotopic (exact) mass is 416 g/mol. The molecule has 3 rings (SSSR count). The van der Waals surface area contributed by atoms with Crippen molar-refractivity contribution in [2.45, 2.75) is 26.7 Å². The van der Waals surface area contributed by atoms with E-state index in [1.165, 1.54) is 22.7 Å². The van der Waals surface area contributed by atoms with Crippen LogP contribution in [0.25, 0.3) is 10.6 Å². The van der Waals surface area contributed by atoms with Gasteiger partial charge in [0.05, 0.1) is 23.4 Å². The van der Waals surface area contributed by atoms with Gasteiger partial charge in [0.1, 0.15) is 5.75 Å². The molecule has 0 spiro atoms. The number of nitrogens with one attached hydrogen (secondary N) is 2. The minimum absolute atomic E-state index is 0.0446. The minimum atomic E-state index is -0.242. The Balaban J connectivity index is 1.71. The zero-order chi connectivity index (χ0) is 20.1. The average molecular weight is 417 g/mol. The molecule has 0 aliphatic carbocycles. The molecular formula is C19H20N4O3S2. The number of rotatable bonds is 7. The standard InChI is InChI=1S/C19H20N4O3S2/c1-4-5-15(24)22-18-21-14(10-27-18)16-11(2)20-19(28-16)23-17(25)12-6-8-13(26-3)9-7-12/h6-10H,4-5H2,1-3H3,(H,20,23,25)(H,21,22,24). The second kappa shape index (κ2) is 8.94. The number of nitrogens with zero attached hydrogens (tertiary/aromatic N) is 2. The van der Waals surface area contributed by atoms with Gasteiger partial charge in [-0.15, -0.1) is 11.3 Å². The summed E-state index contributed by atoms with van der Waals surface area (Å²) in [6, 6.07) is 6.86. The van der Waals surface area contributed by atoms with Gasteiger partial charge in [-0.2, -0.15) is 0 Å². The fourth-order valence-corrected chi connectivity index (χ4v) is 4.16. The normalized spacial score (nSPS) is 10.5. The molecule has 1 aromatic carbocycles. The number of hydrogen-bond acceptors (Lipinski definition) is 7. The zero-order valence-corrected chi connectivity index (χ0v) is 17.4. The van der Waals surface area contributed by atoms with Crippen LogP contribution >= 0.6 is 22.7 Å². The van der Waals surface area contributed by atoms with E-state index < -0.39 is 0 Å². The number of aromatic nitrogens is 2. The molecule has 0 aliphatic heterocycles. The first-order valence-electron chi connectivity index (χ1n) is 8.68. The summed E-state index contributed by atoms with van der Waals surface area (Å²) in [7, 11) is 1.58. The smallest absolute Gasteiger partial charge is 0.257 e. The number of carbonyl (C=O) groups excluding carboxylic acids is 2. The molecule has 146 valence electrons. The van der Waals surface area contributed by atoms with E-state index in [4.69, 9.17) is 4.74 Å². The lowest BCUT2D eigenvalue weighted by Gasteiger charge is -2.03. The number of benzene rings is 1. The molecule has 0 saturated heterocycles. The van der Waals surface area contributed by atoms with Crippen molar-refractivity contribution in [2.75, 3.05) is 17.7 Å². The summed E-state index contributed by atoms with van der Waals surface area (Å²) in [4.78, 5) is 33.9. The highest BCUT2D eigenvalue weighted by molar-refractivity contribution is 7.20. The summed E-state index contributed by atoms with van der Waals surface area (Å²) in [5, 5.41) is 8.54. The first-order chi connectivity index (χ1) is 13.5. The van der Waals surface area contributed by atoms with Gasteiger partial charge in [0.25, 0.3) is 5.91 Å². The average Bonchev–Trinajstić information content (AvgIpc) is 3.28. The number of thiazole rings is 2. The molecule has 7 nitrogen and oxygen atoms in total. The molecule has 0 radical (unpaired) electrons. The maximum Gasteiger partial charge on any atom is 0.257 e. The SMILES string of the molecule is CCCC(=O)Nc1nc(-c2sc(NC(=O)c3ccc(OC)cc3)nc2C)cs1. The van der Waals surface area contributed by atoms with Gasteiger partial charge in [-0.3, -0.25) is 14.9 Å². The quantitative estimate of drug-likeness (QED) is 0.588. The van der Waals surface area contributed by atoms with Crippen LogP contribution in [-0.4, -0.2) is 28.9 Å². The first kappa shape index (κ1) is 20.0. The second-order valence-corrected chi connectivity index (χ2v) is 7.81. The predicted molar refractivity (Wildman–Crippen MR) is 112 cm³/mol. The van der Waals surface area contributed by atoms with Crippen molar-refractivity contribution in [3.05, 3.63) is 40.9 Å². The lowest BCUT2D eigenvalue weighted by molar-refractivity contribution is -0.116. The van der Waals surface area contributed by atoms with E-state index in [0.29, 0.717) is 28.0 Å². The van der Waals surface area contributed by atoms with Crippen molar-refractivity contribution >= 4 is 44.8 Å². The van der Waals surface area contributed by atoms with E-state index in [1.807, 2.05) is 19.2 Å². The van der Waals surface area contributed by atoms with E-state index in [2.05, 4.69) is 20.6 Å². The summed E-state index contributed by atoms with van der Waals surface area (Å²) in [5.74, 6) is 0.403. The molecule has 2 aromatic heterocycles. The van der Waals surface area contributed by atoms with E-state index in [0.717, 1.165) is 22.7 Å². The Bertz CT molecular complexity index is 979. The van der Waals surface area contributed by atoms with E-state index in [9.17, 15) is 9.59 Å². The van der Waals surface area contributed by atoms with Crippen LogP contribution in [0.4, 0.5) is 10.3 Å². The molecule has 0 unspecified atom stereocenters. The summed E-state index contributed by atoms with van der Waals surface area (Å²) >= 11 is 2.72. The second-order valence-electron chi connectivity index (χ2n) is 5.95. The highest BCUT2D eigenvalue weighted by atomic mass is 32.1. The number of carbonyl (C=O) groups is 2. The van der Waals surface area contributed by atoms with Crippen LogP contribution < -0.4 is 15.4 Å². The van der Waals surface area contributed by atoms with Gasteiger partial charge < -0.3 is 10.1 Å². The van der Waals surface area contributed by atoms with E-state index in [-0.39, 0.29) is 11.8 Å². The number of ether oxygens (including phenoxy) is 1. The summed E-state index contributed by atoms with van der Waals surface area (Å²) in [6.45, 7) is 3.82. The Morgan fingerprint density at radius 1 is 1.11 bits per heavy atom. The van der Waals surface area contributed by atoms with Crippen molar-refractivity contribution in [1.29, 1.82) is 0 Å². The van der Waals surface area contributed by atoms with E-state index in [1.54, 1.807) is 31.4 Å². The Morgan fingerprint density at radius 3 is 2.54 bits per heavy atom. The minimum Gasteiger partial charge on any atom is -0.497 e. The Hall–Kier alpha value is -2.78. The van der Waals surface area contributed by atoms with Crippen molar-refractivity contribution < 1.29 is 14.3 Å². The maximum atomic E-state index is 12.4. The van der Waals surface area contributed by atoms with Gasteiger partial charge in [0, 0.05) is 17.4 Å². The summed E-state index contributed by atoms with van der Waals surface area (Å²) in [6.07, 6.45) is 1.26. The number of anilines is 2. The van der Waals surface area contributed by atoms with Crippen LogP contribution in [0.1, 0.15) is 35.8 Å². The fourth-order valence-electron chi connectivity index (χ4n) is 2.44. The van der Waals surface area contributed by atoms with Gasteiger partial charge in [0.2, 0.25) is 5.91 Å². The van der Waals surface area contributed by atoms with Crippen LogP contribution in [0.2, 0.25) is 0 Å². The van der Waals surface area contributed by atoms with Crippen molar-refractivity contribution in [1.82, 2.24) is 9.97 Å². The van der Waals surface area contributed by atoms with Gasteiger partial charge in [-0.25, -0.2) is 9.97 Å². The molecule has 0 aliphatic rings. The third-order valence-corrected chi connectivity index (χ3v) is 5.68. The lowest BCUT2D eigenvalue weighted by atomic mass is 10.2. The highest BCUT2D eigenvalue weighted by Gasteiger charge is 2.16. The van der Waals surface area contributed by atoms with E-state index >= 15 is 0 Å². The lowest BCUT2D eigenvalue weighted by Crippen LogP contribution is -2.11. The van der Waals surface area contributed by atoms with Crippen LogP contribution in [0, 0.1) is 6.92 Å². The third-order valence-electron chi connectivity index (χ3n) is 3.83. The maximum absolute atomic E-state index is 12.4. The van der Waals surface area contributed by atoms with Crippen LogP contribution in [0.3, 0.4) is 0 Å².